The van der Waals surface area contributed by atoms with Gasteiger partial charge in [-0.3, -0.25) is 4.79 Å². The van der Waals surface area contributed by atoms with Crippen molar-refractivity contribution in [1.82, 2.24) is 0 Å². The molecule has 0 aromatic rings. The van der Waals surface area contributed by atoms with E-state index < -0.39 is 5.97 Å². The van der Waals surface area contributed by atoms with Gasteiger partial charge in [-0.2, -0.15) is 0 Å². The minimum atomic E-state index is -0.694. The zero-order chi connectivity index (χ0) is 10.6. The lowest BCUT2D eigenvalue weighted by molar-refractivity contribution is -0.139. The molecular weight excluding hydrogens is 196 g/mol. The molecule has 0 spiro atoms. The molecule has 1 aliphatic heterocycles. The second kappa shape index (κ2) is 4.69. The maximum atomic E-state index is 10.6. The Morgan fingerprint density at radius 1 is 1.36 bits per heavy atom. The van der Waals surface area contributed by atoms with Crippen LogP contribution in [0.3, 0.4) is 0 Å². The molecule has 0 saturated heterocycles. The Hall–Kier alpha value is -0.700. The predicted molar refractivity (Wildman–Crippen MR) is 62.8 cm³/mol. The molecule has 0 atom stereocenters. The van der Waals surface area contributed by atoms with E-state index in [0.717, 1.165) is 12.2 Å². The number of rotatable bonds is 5. The molecule has 0 aromatic heterocycles. The van der Waals surface area contributed by atoms with E-state index in [1.165, 1.54) is 0 Å². The van der Waals surface area contributed by atoms with Crippen LogP contribution in [-0.4, -0.2) is 16.8 Å². The number of allylic oxidation sites excluding steroid dienone is 2. The third-order valence-corrected chi connectivity index (χ3v) is 4.19. The molecule has 14 heavy (non-hydrogen) atoms. The standard InChI is InChI=1S/C11H18O2S/c1-11(2,9-10(12)13)5-8-14-6-3-4-7-14/h3-4,6-7,14H,5,8-9H2,1-2H3,(H,12,13). The summed E-state index contributed by atoms with van der Waals surface area (Å²) in [5.41, 5.74) is -0.0710. The molecule has 0 aromatic carbocycles. The Bertz CT molecular complexity index is 254. The van der Waals surface area contributed by atoms with Gasteiger partial charge in [0.05, 0.1) is 6.42 Å². The summed E-state index contributed by atoms with van der Waals surface area (Å²) in [6.07, 6.45) is 5.41. The highest BCUT2D eigenvalue weighted by atomic mass is 32.2. The van der Waals surface area contributed by atoms with Crippen molar-refractivity contribution in [3.05, 3.63) is 23.0 Å². The number of carboxylic acid groups (broad SMARTS) is 1. The van der Waals surface area contributed by atoms with Crippen LogP contribution in [0.25, 0.3) is 0 Å². The van der Waals surface area contributed by atoms with Gasteiger partial charge in [0.15, 0.2) is 0 Å². The first-order valence-corrected chi connectivity index (χ1v) is 6.49. The summed E-state index contributed by atoms with van der Waals surface area (Å²) in [4.78, 5) is 10.6. The van der Waals surface area contributed by atoms with Crippen molar-refractivity contribution < 1.29 is 9.90 Å². The topological polar surface area (TPSA) is 37.3 Å². The maximum Gasteiger partial charge on any atom is 0.303 e. The normalized spacial score (nSPS) is 17.7. The van der Waals surface area contributed by atoms with Gasteiger partial charge in [-0.1, -0.05) is 26.0 Å². The number of carboxylic acids is 1. The molecule has 3 heteroatoms. The van der Waals surface area contributed by atoms with Crippen molar-refractivity contribution >= 4 is 16.9 Å². The molecule has 1 heterocycles. The number of hydrogen-bond acceptors (Lipinski definition) is 1. The van der Waals surface area contributed by atoms with Crippen molar-refractivity contribution in [3.8, 4) is 0 Å². The Balaban J connectivity index is 2.31. The Kier molecular flexibility index (Phi) is 3.81. The van der Waals surface area contributed by atoms with Crippen LogP contribution in [0.4, 0.5) is 0 Å². The fraction of sp³-hybridized carbons (Fsp3) is 0.545. The molecule has 1 rings (SSSR count). The average molecular weight is 214 g/mol. The summed E-state index contributed by atoms with van der Waals surface area (Å²) < 4.78 is 0. The van der Waals surface area contributed by atoms with Gasteiger partial charge in [0, 0.05) is 0 Å². The summed E-state index contributed by atoms with van der Waals surface area (Å²) in [6, 6.07) is 0. The van der Waals surface area contributed by atoms with E-state index in [-0.39, 0.29) is 22.7 Å². The van der Waals surface area contributed by atoms with E-state index in [0.29, 0.717) is 0 Å². The number of hydrogen-bond donors (Lipinski definition) is 2. The highest BCUT2D eigenvalue weighted by Crippen LogP contribution is 2.37. The lowest BCUT2D eigenvalue weighted by Crippen LogP contribution is -2.17. The zero-order valence-electron chi connectivity index (χ0n) is 8.73. The van der Waals surface area contributed by atoms with Crippen LogP contribution >= 0.6 is 10.9 Å². The molecule has 2 nitrogen and oxygen atoms in total. The first kappa shape index (κ1) is 11.4. The molecule has 0 fully saturated rings. The Morgan fingerprint density at radius 3 is 2.43 bits per heavy atom. The fourth-order valence-electron chi connectivity index (χ4n) is 1.45. The smallest absolute Gasteiger partial charge is 0.303 e. The average Bonchev–Trinajstić information content (AvgIpc) is 2.50. The first-order valence-electron chi connectivity index (χ1n) is 4.82. The van der Waals surface area contributed by atoms with E-state index in [4.69, 9.17) is 5.11 Å². The maximum absolute atomic E-state index is 10.6. The zero-order valence-corrected chi connectivity index (χ0v) is 9.63. The van der Waals surface area contributed by atoms with Gasteiger partial charge in [-0.15, -0.1) is 0 Å². The predicted octanol–water partition coefficient (Wildman–Crippen LogP) is 2.92. The molecule has 1 N–H and O–H groups in total. The van der Waals surface area contributed by atoms with Crippen molar-refractivity contribution in [2.45, 2.75) is 26.7 Å². The summed E-state index contributed by atoms with van der Waals surface area (Å²) >= 11 is 0. The van der Waals surface area contributed by atoms with Crippen molar-refractivity contribution in [2.75, 3.05) is 5.75 Å². The number of thiol groups is 1. The molecule has 80 valence electrons. The van der Waals surface area contributed by atoms with Gasteiger partial charge in [-0.05, 0) is 28.4 Å². The Labute approximate surface area is 88.1 Å². The largest absolute Gasteiger partial charge is 0.481 e. The monoisotopic (exact) mass is 214 g/mol. The molecular formula is C11H18O2S. The fourth-order valence-corrected chi connectivity index (χ4v) is 3.35. The second-order valence-corrected chi connectivity index (χ2v) is 6.48. The van der Waals surface area contributed by atoms with E-state index in [2.05, 4.69) is 23.0 Å². The van der Waals surface area contributed by atoms with Crippen LogP contribution in [-0.2, 0) is 4.79 Å². The van der Waals surface area contributed by atoms with Gasteiger partial charge in [-0.25, -0.2) is 10.9 Å². The van der Waals surface area contributed by atoms with E-state index in [1.807, 2.05) is 13.8 Å². The van der Waals surface area contributed by atoms with Gasteiger partial charge >= 0.3 is 5.97 Å². The molecule has 0 amide bonds. The van der Waals surface area contributed by atoms with Crippen LogP contribution in [0.2, 0.25) is 0 Å². The van der Waals surface area contributed by atoms with Crippen LogP contribution in [0.15, 0.2) is 23.0 Å². The molecule has 0 saturated carbocycles. The van der Waals surface area contributed by atoms with Gasteiger partial charge in [0.25, 0.3) is 0 Å². The quantitative estimate of drug-likeness (QED) is 0.690. The highest BCUT2D eigenvalue weighted by molar-refractivity contribution is 8.22. The summed E-state index contributed by atoms with van der Waals surface area (Å²) in [6.45, 7) is 4.06. The second-order valence-electron chi connectivity index (χ2n) is 4.41. The van der Waals surface area contributed by atoms with Gasteiger partial charge in [0.1, 0.15) is 0 Å². The first-order chi connectivity index (χ1) is 6.49. The minimum absolute atomic E-state index is 0.0710. The van der Waals surface area contributed by atoms with Crippen molar-refractivity contribution in [1.29, 1.82) is 0 Å². The SMILES string of the molecule is CC(C)(CC[SH]1C=CC=C1)CC(=O)O. The minimum Gasteiger partial charge on any atom is -0.481 e. The molecule has 0 bridgehead atoms. The molecule has 0 aliphatic carbocycles. The number of carbonyl (C=O) groups is 1. The third-order valence-electron chi connectivity index (χ3n) is 2.34. The number of aliphatic carboxylic acids is 1. The summed E-state index contributed by atoms with van der Waals surface area (Å²) in [5.74, 6) is 0.420. The van der Waals surface area contributed by atoms with Crippen molar-refractivity contribution in [2.24, 2.45) is 5.41 Å². The van der Waals surface area contributed by atoms with E-state index >= 15 is 0 Å². The third kappa shape index (κ3) is 4.01. The van der Waals surface area contributed by atoms with Gasteiger partial charge < -0.3 is 5.11 Å². The van der Waals surface area contributed by atoms with E-state index in [9.17, 15) is 4.79 Å². The lowest BCUT2D eigenvalue weighted by Gasteiger charge is -2.24. The lowest BCUT2D eigenvalue weighted by atomic mass is 9.87. The highest BCUT2D eigenvalue weighted by Gasteiger charge is 2.21. The van der Waals surface area contributed by atoms with Crippen molar-refractivity contribution in [3.63, 3.8) is 0 Å². The summed E-state index contributed by atoms with van der Waals surface area (Å²) in [7, 11) is -0.0885. The van der Waals surface area contributed by atoms with E-state index in [1.54, 1.807) is 0 Å². The van der Waals surface area contributed by atoms with Gasteiger partial charge in [0.2, 0.25) is 0 Å². The van der Waals surface area contributed by atoms with Crippen LogP contribution in [0.1, 0.15) is 26.7 Å². The summed E-state index contributed by atoms with van der Waals surface area (Å²) in [5, 5.41) is 13.2. The van der Waals surface area contributed by atoms with Crippen LogP contribution in [0, 0.1) is 5.41 Å². The molecule has 0 radical (unpaired) electrons. The Morgan fingerprint density at radius 2 is 1.93 bits per heavy atom. The molecule has 0 unspecified atom stereocenters. The molecule has 1 aliphatic rings. The van der Waals surface area contributed by atoms with Crippen LogP contribution in [0.5, 0.6) is 0 Å². The van der Waals surface area contributed by atoms with Crippen LogP contribution < -0.4 is 0 Å².